The highest BCUT2D eigenvalue weighted by molar-refractivity contribution is 7.99. The van der Waals surface area contributed by atoms with Gasteiger partial charge in [0.05, 0.1) is 12.0 Å². The molecular weight excluding hydrogens is 518 g/mol. The Morgan fingerprint density at radius 1 is 0.895 bits per heavy atom. The van der Waals surface area contributed by atoms with Gasteiger partial charge in [-0.3, -0.25) is 9.36 Å². The highest BCUT2D eigenvalue weighted by Crippen LogP contribution is 2.28. The minimum absolute atomic E-state index is 0.111. The van der Waals surface area contributed by atoms with Gasteiger partial charge in [-0.15, -0.1) is 10.2 Å². The van der Waals surface area contributed by atoms with Crippen molar-refractivity contribution in [2.45, 2.75) is 5.16 Å². The number of hydrazone groups is 1. The van der Waals surface area contributed by atoms with E-state index in [0.29, 0.717) is 21.8 Å². The number of para-hydroxylation sites is 2. The van der Waals surface area contributed by atoms with E-state index >= 15 is 0 Å². The van der Waals surface area contributed by atoms with Crippen molar-refractivity contribution in [3.63, 3.8) is 0 Å². The number of aromatic nitrogens is 3. The molecule has 0 fully saturated rings. The summed E-state index contributed by atoms with van der Waals surface area (Å²) in [5.74, 6) is 1.93. The van der Waals surface area contributed by atoms with Crippen LogP contribution in [0.1, 0.15) is 5.56 Å². The molecule has 1 amide bonds. The largest absolute Gasteiger partial charge is 0.457 e. The lowest BCUT2D eigenvalue weighted by molar-refractivity contribution is -0.118. The van der Waals surface area contributed by atoms with E-state index < -0.39 is 0 Å². The maximum absolute atomic E-state index is 12.5. The van der Waals surface area contributed by atoms with Crippen LogP contribution >= 0.6 is 23.4 Å². The van der Waals surface area contributed by atoms with Gasteiger partial charge in [-0.25, -0.2) is 5.43 Å². The van der Waals surface area contributed by atoms with Crippen molar-refractivity contribution < 1.29 is 9.53 Å². The van der Waals surface area contributed by atoms with Crippen LogP contribution < -0.4 is 10.2 Å². The maximum Gasteiger partial charge on any atom is 0.250 e. The van der Waals surface area contributed by atoms with Crippen molar-refractivity contribution >= 4 is 35.5 Å². The van der Waals surface area contributed by atoms with Crippen molar-refractivity contribution in [2.24, 2.45) is 5.10 Å². The van der Waals surface area contributed by atoms with Crippen LogP contribution in [0, 0.1) is 0 Å². The first kappa shape index (κ1) is 25.3. The van der Waals surface area contributed by atoms with Gasteiger partial charge in [-0.1, -0.05) is 71.9 Å². The molecule has 0 aliphatic carbocycles. The fourth-order valence-electron chi connectivity index (χ4n) is 3.58. The summed E-state index contributed by atoms with van der Waals surface area (Å²) >= 11 is 7.33. The third-order valence-electron chi connectivity index (χ3n) is 5.32. The molecule has 1 N–H and O–H groups in total. The number of nitrogens with zero attached hydrogens (tertiary/aromatic N) is 4. The van der Waals surface area contributed by atoms with Crippen molar-refractivity contribution in [1.29, 1.82) is 0 Å². The molecule has 188 valence electrons. The van der Waals surface area contributed by atoms with Crippen LogP contribution in [0.4, 0.5) is 0 Å². The predicted molar refractivity (Wildman–Crippen MR) is 151 cm³/mol. The topological polar surface area (TPSA) is 81.4 Å². The Morgan fingerprint density at radius 2 is 1.61 bits per heavy atom. The lowest BCUT2D eigenvalue weighted by Crippen LogP contribution is -2.20. The summed E-state index contributed by atoms with van der Waals surface area (Å²) in [7, 11) is 0. The highest BCUT2D eigenvalue weighted by atomic mass is 35.5. The Bertz CT molecular complexity index is 1540. The molecule has 0 aliphatic rings. The molecule has 0 bridgehead atoms. The number of nitrogens with one attached hydrogen (secondary N) is 1. The van der Waals surface area contributed by atoms with Crippen molar-refractivity contribution in [2.75, 3.05) is 5.75 Å². The molecule has 0 radical (unpaired) electrons. The van der Waals surface area contributed by atoms with E-state index in [2.05, 4.69) is 20.7 Å². The maximum atomic E-state index is 12.5. The third kappa shape index (κ3) is 6.47. The fourth-order valence-corrected chi connectivity index (χ4v) is 4.45. The summed E-state index contributed by atoms with van der Waals surface area (Å²) in [6.07, 6.45) is 1.57. The normalized spacial score (nSPS) is 11.0. The molecule has 4 aromatic carbocycles. The third-order valence-corrected chi connectivity index (χ3v) is 6.50. The van der Waals surface area contributed by atoms with Crippen molar-refractivity contribution in [3.05, 3.63) is 120 Å². The summed E-state index contributed by atoms with van der Waals surface area (Å²) < 4.78 is 7.77. The second-order valence-electron chi connectivity index (χ2n) is 8.05. The Balaban J connectivity index is 1.24. The van der Waals surface area contributed by atoms with E-state index in [1.807, 2.05) is 114 Å². The molecule has 5 rings (SSSR count). The van der Waals surface area contributed by atoms with Gasteiger partial charge in [0, 0.05) is 16.3 Å². The Morgan fingerprint density at radius 3 is 2.37 bits per heavy atom. The molecule has 1 aromatic heterocycles. The SMILES string of the molecule is O=C(CSc1nnc(-c2ccc(Cl)cc2)n1-c1ccccc1)N/N=C\c1cccc(Oc2ccccc2)c1. The molecule has 0 aliphatic heterocycles. The van der Waals surface area contributed by atoms with E-state index in [4.69, 9.17) is 16.3 Å². The van der Waals surface area contributed by atoms with Crippen molar-refractivity contribution in [1.82, 2.24) is 20.2 Å². The molecule has 9 heteroatoms. The van der Waals surface area contributed by atoms with Gasteiger partial charge in [0.1, 0.15) is 11.5 Å². The lowest BCUT2D eigenvalue weighted by Gasteiger charge is -2.10. The van der Waals surface area contributed by atoms with Gasteiger partial charge in [-0.2, -0.15) is 5.10 Å². The molecular formula is C29H22ClN5O2S. The highest BCUT2D eigenvalue weighted by Gasteiger charge is 2.17. The zero-order valence-electron chi connectivity index (χ0n) is 20.1. The van der Waals surface area contributed by atoms with Crippen molar-refractivity contribution in [3.8, 4) is 28.6 Å². The quantitative estimate of drug-likeness (QED) is 0.129. The molecule has 38 heavy (non-hydrogen) atoms. The molecule has 1 heterocycles. The number of rotatable bonds is 9. The first-order chi connectivity index (χ1) is 18.7. The van der Waals surface area contributed by atoms with Gasteiger partial charge < -0.3 is 4.74 Å². The number of thioether (sulfide) groups is 1. The average Bonchev–Trinajstić information content (AvgIpc) is 3.37. The monoisotopic (exact) mass is 539 g/mol. The summed E-state index contributed by atoms with van der Waals surface area (Å²) in [5, 5.41) is 14.1. The zero-order chi connectivity index (χ0) is 26.2. The number of carbonyl (C=O) groups is 1. The smallest absolute Gasteiger partial charge is 0.250 e. The number of hydrogen-bond donors (Lipinski definition) is 1. The summed E-state index contributed by atoms with van der Waals surface area (Å²) in [5.41, 5.74) is 5.12. The molecule has 0 atom stereocenters. The van der Waals surface area contributed by atoms with E-state index in [1.54, 1.807) is 6.21 Å². The molecule has 7 nitrogen and oxygen atoms in total. The van der Waals surface area contributed by atoms with Gasteiger partial charge >= 0.3 is 0 Å². The molecule has 0 unspecified atom stereocenters. The summed E-state index contributed by atoms with van der Waals surface area (Å²) in [4.78, 5) is 12.5. The van der Waals surface area contributed by atoms with E-state index in [-0.39, 0.29) is 11.7 Å². The average molecular weight is 540 g/mol. The van der Waals surface area contributed by atoms with Crippen LogP contribution in [-0.4, -0.2) is 32.6 Å². The van der Waals surface area contributed by atoms with Crippen LogP contribution in [-0.2, 0) is 4.79 Å². The van der Waals surface area contributed by atoms with Crippen LogP contribution in [0.2, 0.25) is 5.02 Å². The van der Waals surface area contributed by atoms with E-state index in [9.17, 15) is 4.79 Å². The number of benzene rings is 4. The van der Waals surface area contributed by atoms with Crippen LogP contribution in [0.3, 0.4) is 0 Å². The van der Waals surface area contributed by atoms with E-state index in [0.717, 1.165) is 22.6 Å². The molecule has 0 saturated carbocycles. The summed E-state index contributed by atoms with van der Waals surface area (Å²) in [6, 6.07) is 34.1. The van der Waals surface area contributed by atoms with E-state index in [1.165, 1.54) is 11.8 Å². The van der Waals surface area contributed by atoms with Gasteiger partial charge in [0.15, 0.2) is 11.0 Å². The number of ether oxygens (including phenoxy) is 1. The van der Waals surface area contributed by atoms with Crippen LogP contribution in [0.15, 0.2) is 119 Å². The van der Waals surface area contributed by atoms with Gasteiger partial charge in [0.25, 0.3) is 5.91 Å². The predicted octanol–water partition coefficient (Wildman–Crippen LogP) is 6.62. The minimum atomic E-state index is -0.265. The van der Waals surface area contributed by atoms with Crippen LogP contribution in [0.5, 0.6) is 11.5 Å². The van der Waals surface area contributed by atoms with Gasteiger partial charge in [0.2, 0.25) is 0 Å². The van der Waals surface area contributed by atoms with Crippen LogP contribution in [0.25, 0.3) is 17.1 Å². The zero-order valence-corrected chi connectivity index (χ0v) is 21.6. The molecule has 0 spiro atoms. The fraction of sp³-hybridized carbons (Fsp3) is 0.0345. The first-order valence-corrected chi connectivity index (χ1v) is 13.1. The Hall–Kier alpha value is -4.40. The minimum Gasteiger partial charge on any atom is -0.457 e. The number of halogens is 1. The molecule has 0 saturated heterocycles. The summed E-state index contributed by atoms with van der Waals surface area (Å²) in [6.45, 7) is 0. The first-order valence-electron chi connectivity index (χ1n) is 11.7. The standard InChI is InChI=1S/C29H22ClN5O2S/c30-23-16-14-22(15-17-23)28-33-34-29(35(28)24-9-3-1-4-10-24)38-20-27(36)32-31-19-21-8-7-13-26(18-21)37-25-11-5-2-6-12-25/h1-19H,20H2,(H,32,36)/b31-19-. The van der Waals surface area contributed by atoms with Gasteiger partial charge in [-0.05, 0) is 66.2 Å². The Kier molecular flexibility index (Phi) is 8.13. The number of carbonyl (C=O) groups excluding carboxylic acids is 1. The Labute approximate surface area is 229 Å². The number of amides is 1. The number of hydrogen-bond acceptors (Lipinski definition) is 6. The molecule has 5 aromatic rings. The lowest BCUT2D eigenvalue weighted by atomic mass is 10.2. The second kappa shape index (κ2) is 12.2. The second-order valence-corrected chi connectivity index (χ2v) is 9.43.